The van der Waals surface area contributed by atoms with E-state index in [-0.39, 0.29) is 0 Å². The first kappa shape index (κ1) is 10.7. The third-order valence-corrected chi connectivity index (χ3v) is 3.19. The maximum absolute atomic E-state index is 3.33. The summed E-state index contributed by atoms with van der Waals surface area (Å²) in [5.74, 6) is 0. The van der Waals surface area contributed by atoms with Gasteiger partial charge in [-0.05, 0) is 19.0 Å². The van der Waals surface area contributed by atoms with Crippen LogP contribution in [0, 0.1) is 6.92 Å². The van der Waals surface area contributed by atoms with E-state index >= 15 is 0 Å². The first-order valence-corrected chi connectivity index (χ1v) is 5.80. The molecule has 0 bridgehead atoms. The minimum atomic E-state index is 0.747. The van der Waals surface area contributed by atoms with Gasteiger partial charge in [0.05, 0.1) is 0 Å². The summed E-state index contributed by atoms with van der Waals surface area (Å²) in [5, 5.41) is 3.33. The van der Waals surface area contributed by atoms with Gasteiger partial charge in [0.1, 0.15) is 0 Å². The Labute approximate surface area is 92.3 Å². The number of nitrogens with zero attached hydrogens (tertiary/aromatic N) is 1. The number of benzene rings is 1. The molecule has 0 aliphatic carbocycles. The summed E-state index contributed by atoms with van der Waals surface area (Å²) in [5.41, 5.74) is 2.77. The lowest BCUT2D eigenvalue weighted by Crippen LogP contribution is -2.56. The van der Waals surface area contributed by atoms with Crippen molar-refractivity contribution in [3.05, 3.63) is 35.4 Å². The number of hydrogen-bond acceptors (Lipinski definition) is 2. The average Bonchev–Trinajstić information content (AvgIpc) is 2.17. The third kappa shape index (κ3) is 2.58. The number of likely N-dealkylation sites (N-methyl/N-ethyl adjacent to an activating group) is 1. The van der Waals surface area contributed by atoms with Crippen molar-refractivity contribution in [3.63, 3.8) is 0 Å². The van der Waals surface area contributed by atoms with Gasteiger partial charge in [0.25, 0.3) is 0 Å². The molecule has 2 rings (SSSR count). The van der Waals surface area contributed by atoms with E-state index in [0.29, 0.717) is 0 Å². The van der Waals surface area contributed by atoms with E-state index in [9.17, 15) is 0 Å². The highest BCUT2D eigenvalue weighted by atomic mass is 15.2. The van der Waals surface area contributed by atoms with Gasteiger partial charge in [0.2, 0.25) is 0 Å². The SMILES string of the molecule is CCN(Cc1ccc(C)cc1)C1CNC1. The van der Waals surface area contributed by atoms with Crippen LogP contribution in [0.4, 0.5) is 0 Å². The van der Waals surface area contributed by atoms with E-state index in [1.54, 1.807) is 0 Å². The Balaban J connectivity index is 1.96. The van der Waals surface area contributed by atoms with Crippen LogP contribution >= 0.6 is 0 Å². The van der Waals surface area contributed by atoms with Crippen LogP contribution in [-0.2, 0) is 6.54 Å². The second-order valence-electron chi connectivity index (χ2n) is 4.36. The molecule has 0 saturated carbocycles. The molecule has 1 heterocycles. The maximum Gasteiger partial charge on any atom is 0.0348 e. The molecule has 1 aromatic rings. The summed E-state index contributed by atoms with van der Waals surface area (Å²) in [6.07, 6.45) is 0. The first-order valence-electron chi connectivity index (χ1n) is 5.80. The predicted octanol–water partition coefficient (Wildman–Crippen LogP) is 1.79. The lowest BCUT2D eigenvalue weighted by atomic mass is 10.1. The normalized spacial score (nSPS) is 16.7. The molecule has 2 heteroatoms. The zero-order valence-corrected chi connectivity index (χ0v) is 9.66. The Morgan fingerprint density at radius 2 is 1.93 bits per heavy atom. The Hall–Kier alpha value is -0.860. The van der Waals surface area contributed by atoms with E-state index in [4.69, 9.17) is 0 Å². The van der Waals surface area contributed by atoms with Crippen LogP contribution < -0.4 is 5.32 Å². The van der Waals surface area contributed by atoms with Crippen molar-refractivity contribution >= 4 is 0 Å². The zero-order chi connectivity index (χ0) is 10.7. The summed E-state index contributed by atoms with van der Waals surface area (Å²) < 4.78 is 0. The quantitative estimate of drug-likeness (QED) is 0.804. The fourth-order valence-corrected chi connectivity index (χ4v) is 1.96. The van der Waals surface area contributed by atoms with Crippen LogP contribution in [0.1, 0.15) is 18.1 Å². The summed E-state index contributed by atoms with van der Waals surface area (Å²) >= 11 is 0. The van der Waals surface area contributed by atoms with Crippen molar-refractivity contribution in [2.24, 2.45) is 0 Å². The van der Waals surface area contributed by atoms with Crippen LogP contribution in [0.25, 0.3) is 0 Å². The van der Waals surface area contributed by atoms with Crippen molar-refractivity contribution in [2.75, 3.05) is 19.6 Å². The van der Waals surface area contributed by atoms with E-state index in [0.717, 1.165) is 32.2 Å². The molecule has 82 valence electrons. The van der Waals surface area contributed by atoms with Gasteiger partial charge < -0.3 is 5.32 Å². The van der Waals surface area contributed by atoms with Crippen molar-refractivity contribution in [1.29, 1.82) is 0 Å². The molecule has 0 spiro atoms. The summed E-state index contributed by atoms with van der Waals surface area (Å²) in [7, 11) is 0. The molecule has 15 heavy (non-hydrogen) atoms. The first-order chi connectivity index (χ1) is 7.29. The molecule has 0 radical (unpaired) electrons. The smallest absolute Gasteiger partial charge is 0.0348 e. The average molecular weight is 204 g/mol. The van der Waals surface area contributed by atoms with E-state index in [1.165, 1.54) is 11.1 Å². The van der Waals surface area contributed by atoms with E-state index < -0.39 is 0 Å². The van der Waals surface area contributed by atoms with Gasteiger partial charge in [-0.2, -0.15) is 0 Å². The highest BCUT2D eigenvalue weighted by Gasteiger charge is 2.22. The topological polar surface area (TPSA) is 15.3 Å². The molecule has 1 fully saturated rings. The minimum absolute atomic E-state index is 0.747. The number of nitrogens with one attached hydrogen (secondary N) is 1. The van der Waals surface area contributed by atoms with E-state index in [2.05, 4.69) is 48.3 Å². The van der Waals surface area contributed by atoms with Crippen molar-refractivity contribution in [3.8, 4) is 0 Å². The molecular formula is C13H20N2. The van der Waals surface area contributed by atoms with Crippen molar-refractivity contribution in [2.45, 2.75) is 26.4 Å². The predicted molar refractivity (Wildman–Crippen MR) is 63.9 cm³/mol. The Bertz CT molecular complexity index is 301. The fourth-order valence-electron chi connectivity index (χ4n) is 1.96. The van der Waals surface area contributed by atoms with Gasteiger partial charge >= 0.3 is 0 Å². The molecule has 1 aliphatic rings. The van der Waals surface area contributed by atoms with Crippen LogP contribution in [0.15, 0.2) is 24.3 Å². The molecular weight excluding hydrogens is 184 g/mol. The molecule has 0 unspecified atom stereocenters. The van der Waals surface area contributed by atoms with E-state index in [1.807, 2.05) is 0 Å². The molecule has 0 aromatic heterocycles. The molecule has 0 atom stereocenters. The summed E-state index contributed by atoms with van der Waals surface area (Å²) in [6.45, 7) is 8.91. The lowest BCUT2D eigenvalue weighted by Gasteiger charge is -2.37. The molecule has 1 saturated heterocycles. The van der Waals surface area contributed by atoms with Gasteiger partial charge in [-0.15, -0.1) is 0 Å². The monoisotopic (exact) mass is 204 g/mol. The minimum Gasteiger partial charge on any atom is -0.314 e. The van der Waals surface area contributed by atoms with Crippen LogP contribution in [0.2, 0.25) is 0 Å². The van der Waals surface area contributed by atoms with Crippen molar-refractivity contribution < 1.29 is 0 Å². The number of rotatable bonds is 4. The lowest BCUT2D eigenvalue weighted by molar-refractivity contribution is 0.145. The largest absolute Gasteiger partial charge is 0.314 e. The standard InChI is InChI=1S/C13H20N2/c1-3-15(13-8-14-9-13)10-12-6-4-11(2)5-7-12/h4-7,13-14H,3,8-10H2,1-2H3. The number of aryl methyl sites for hydroxylation is 1. The van der Waals surface area contributed by atoms with Gasteiger partial charge in [0, 0.05) is 25.7 Å². The second kappa shape index (κ2) is 4.77. The Morgan fingerprint density at radius 3 is 2.40 bits per heavy atom. The summed E-state index contributed by atoms with van der Waals surface area (Å²) in [6, 6.07) is 9.62. The molecule has 1 aliphatic heterocycles. The van der Waals surface area contributed by atoms with Crippen LogP contribution in [0.5, 0.6) is 0 Å². The van der Waals surface area contributed by atoms with Gasteiger partial charge in [-0.25, -0.2) is 0 Å². The van der Waals surface area contributed by atoms with Gasteiger partial charge in [-0.1, -0.05) is 36.8 Å². The fraction of sp³-hybridized carbons (Fsp3) is 0.538. The van der Waals surface area contributed by atoms with Gasteiger partial charge in [-0.3, -0.25) is 4.90 Å². The second-order valence-corrected chi connectivity index (χ2v) is 4.36. The molecule has 2 nitrogen and oxygen atoms in total. The Kier molecular flexibility index (Phi) is 3.39. The van der Waals surface area contributed by atoms with Gasteiger partial charge in [0.15, 0.2) is 0 Å². The molecule has 0 amide bonds. The maximum atomic E-state index is 3.33. The third-order valence-electron chi connectivity index (χ3n) is 3.19. The Morgan fingerprint density at radius 1 is 1.27 bits per heavy atom. The highest BCUT2D eigenvalue weighted by Crippen LogP contribution is 2.11. The zero-order valence-electron chi connectivity index (χ0n) is 9.66. The summed E-state index contributed by atoms with van der Waals surface area (Å²) in [4.78, 5) is 2.54. The molecule has 1 aromatic carbocycles. The number of hydrogen-bond donors (Lipinski definition) is 1. The highest BCUT2D eigenvalue weighted by molar-refractivity contribution is 5.21. The van der Waals surface area contributed by atoms with Crippen molar-refractivity contribution in [1.82, 2.24) is 10.2 Å². The van der Waals surface area contributed by atoms with Crippen LogP contribution in [0.3, 0.4) is 0 Å². The molecule has 1 N–H and O–H groups in total. The van der Waals surface area contributed by atoms with Crippen LogP contribution in [-0.4, -0.2) is 30.6 Å².